The number of nitrogens with one attached hydrogen (secondary N) is 1. The van der Waals surface area contributed by atoms with Gasteiger partial charge >= 0.3 is 0 Å². The lowest BCUT2D eigenvalue weighted by atomic mass is 9.77. The summed E-state index contributed by atoms with van der Waals surface area (Å²) in [7, 11) is 1.58. The van der Waals surface area contributed by atoms with E-state index in [1.807, 2.05) is 12.1 Å². The first-order chi connectivity index (χ1) is 17.0. The number of hydrogen-bond donors (Lipinski definition) is 1. The molecule has 3 aromatic rings. The largest absolute Gasteiger partial charge is 0.496 e. The van der Waals surface area contributed by atoms with Gasteiger partial charge in [0.25, 0.3) is 0 Å². The van der Waals surface area contributed by atoms with Gasteiger partial charge in [-0.05, 0) is 49.1 Å². The Hall–Kier alpha value is -3.03. The van der Waals surface area contributed by atoms with Crippen LogP contribution in [0, 0.1) is 11.7 Å². The van der Waals surface area contributed by atoms with Gasteiger partial charge in [-0.1, -0.05) is 30.5 Å². The first-order valence-corrected chi connectivity index (χ1v) is 12.4. The number of halogens is 2. The number of carbonyl (C=O) groups is 1. The highest BCUT2D eigenvalue weighted by Crippen LogP contribution is 2.37. The summed E-state index contributed by atoms with van der Waals surface area (Å²) in [4.78, 5) is 23.9. The van der Waals surface area contributed by atoms with Crippen molar-refractivity contribution in [3.63, 3.8) is 0 Å². The molecular weight excluding hydrogens is 467 g/mol. The van der Waals surface area contributed by atoms with E-state index in [4.69, 9.17) is 16.3 Å². The van der Waals surface area contributed by atoms with Crippen molar-refractivity contribution in [1.82, 2.24) is 14.9 Å². The summed E-state index contributed by atoms with van der Waals surface area (Å²) in [5.74, 6) is 1.51. The third-order valence-corrected chi connectivity index (χ3v) is 7.32. The fourth-order valence-corrected chi connectivity index (χ4v) is 5.40. The number of ketones is 1. The molecule has 0 amide bonds. The average Bonchev–Trinajstić information content (AvgIpc) is 2.84. The van der Waals surface area contributed by atoms with Crippen LogP contribution < -0.4 is 10.1 Å². The summed E-state index contributed by atoms with van der Waals surface area (Å²) in [6.45, 7) is 1.97. The number of allylic oxidation sites excluding steroid dienone is 1. The molecule has 2 heterocycles. The molecule has 2 fully saturated rings. The van der Waals surface area contributed by atoms with Gasteiger partial charge in [0, 0.05) is 48.3 Å². The van der Waals surface area contributed by atoms with Crippen molar-refractivity contribution in [3.8, 4) is 5.75 Å². The molecule has 0 bridgehead atoms. The lowest BCUT2D eigenvalue weighted by Crippen LogP contribution is -2.57. The maximum absolute atomic E-state index is 13.5. The maximum Gasteiger partial charge on any atom is 0.159 e. The first kappa shape index (κ1) is 23.7. The molecule has 1 aromatic heterocycles. The van der Waals surface area contributed by atoms with Crippen molar-refractivity contribution in [3.05, 3.63) is 65.2 Å². The van der Waals surface area contributed by atoms with Crippen LogP contribution in [0.15, 0.2) is 48.8 Å². The van der Waals surface area contributed by atoms with Gasteiger partial charge in [0.05, 0.1) is 17.6 Å². The summed E-state index contributed by atoms with van der Waals surface area (Å²) in [5.41, 5.74) is 2.01. The molecule has 5 rings (SSSR count). The van der Waals surface area contributed by atoms with Gasteiger partial charge in [-0.15, -0.1) is 0 Å². The van der Waals surface area contributed by atoms with Crippen LogP contribution in [-0.4, -0.2) is 46.9 Å². The van der Waals surface area contributed by atoms with Crippen LogP contribution in [0.5, 0.6) is 5.75 Å². The van der Waals surface area contributed by atoms with Crippen LogP contribution in [0.3, 0.4) is 0 Å². The summed E-state index contributed by atoms with van der Waals surface area (Å²) in [5, 5.41) is 3.91. The van der Waals surface area contributed by atoms with Gasteiger partial charge in [-0.25, -0.2) is 14.4 Å². The number of aromatic nitrogens is 2. The highest BCUT2D eigenvalue weighted by atomic mass is 35.5. The van der Waals surface area contributed by atoms with E-state index in [9.17, 15) is 9.18 Å². The number of benzene rings is 2. The average molecular weight is 495 g/mol. The van der Waals surface area contributed by atoms with Gasteiger partial charge in [-0.3, -0.25) is 9.69 Å². The zero-order chi connectivity index (χ0) is 24.4. The summed E-state index contributed by atoms with van der Waals surface area (Å²) in [6, 6.07) is 8.75. The van der Waals surface area contributed by atoms with Gasteiger partial charge in [0.1, 0.15) is 23.7 Å². The van der Waals surface area contributed by atoms with E-state index >= 15 is 0 Å². The topological polar surface area (TPSA) is 67.4 Å². The summed E-state index contributed by atoms with van der Waals surface area (Å²) >= 11 is 5.92. The quantitative estimate of drug-likeness (QED) is 0.404. The number of methoxy groups -OCH3 is 1. The van der Waals surface area contributed by atoms with Crippen molar-refractivity contribution in [1.29, 1.82) is 0 Å². The molecule has 0 radical (unpaired) electrons. The van der Waals surface area contributed by atoms with Crippen LogP contribution in [0.4, 0.5) is 15.9 Å². The Bertz CT molecular complexity index is 1280. The van der Waals surface area contributed by atoms with Crippen LogP contribution in [-0.2, 0) is 11.2 Å². The molecule has 2 atom stereocenters. The van der Waals surface area contributed by atoms with Crippen molar-refractivity contribution < 1.29 is 13.9 Å². The zero-order valence-corrected chi connectivity index (χ0v) is 20.4. The van der Waals surface area contributed by atoms with E-state index in [2.05, 4.69) is 20.2 Å². The number of hydrogen-bond acceptors (Lipinski definition) is 6. The molecule has 182 valence electrons. The number of nitrogens with zero attached hydrogens (tertiary/aromatic N) is 3. The lowest BCUT2D eigenvalue weighted by Gasteiger charge is -2.50. The normalized spacial score (nSPS) is 20.0. The van der Waals surface area contributed by atoms with Crippen molar-refractivity contribution in [2.24, 2.45) is 5.92 Å². The molecule has 8 heteroatoms. The number of ether oxygens (including phenoxy) is 1. The summed E-state index contributed by atoms with van der Waals surface area (Å²) in [6.07, 6.45) is 10.6. The fraction of sp³-hybridized carbons (Fsp3) is 0.370. The highest BCUT2D eigenvalue weighted by molar-refractivity contribution is 6.31. The minimum absolute atomic E-state index is 0.0139. The molecule has 1 aliphatic heterocycles. The summed E-state index contributed by atoms with van der Waals surface area (Å²) < 4.78 is 19.1. The monoisotopic (exact) mass is 494 g/mol. The minimum Gasteiger partial charge on any atom is -0.496 e. The Morgan fingerprint density at radius 3 is 2.91 bits per heavy atom. The lowest BCUT2D eigenvalue weighted by molar-refractivity contribution is -0.114. The number of likely N-dealkylation sites (tertiary alicyclic amines) is 1. The molecule has 1 saturated heterocycles. The molecule has 1 aliphatic carbocycles. The van der Waals surface area contributed by atoms with E-state index in [0.717, 1.165) is 30.0 Å². The van der Waals surface area contributed by atoms with Crippen molar-refractivity contribution >= 4 is 39.8 Å². The van der Waals surface area contributed by atoms with Gasteiger partial charge in [0.2, 0.25) is 0 Å². The van der Waals surface area contributed by atoms with Crippen LogP contribution in [0.2, 0.25) is 5.02 Å². The number of fused-ring (bicyclic) bond motifs is 2. The predicted molar refractivity (Wildman–Crippen MR) is 136 cm³/mol. The van der Waals surface area contributed by atoms with Gasteiger partial charge in [-0.2, -0.15) is 0 Å². The maximum atomic E-state index is 13.5. The van der Waals surface area contributed by atoms with Crippen LogP contribution in [0.25, 0.3) is 10.9 Å². The Kier molecular flexibility index (Phi) is 6.97. The minimum atomic E-state index is -0.490. The molecule has 1 saturated carbocycles. The number of carbonyl (C=O) groups excluding carboxylic acids is 1. The third kappa shape index (κ3) is 5.16. The Morgan fingerprint density at radius 1 is 1.26 bits per heavy atom. The second-order valence-electron chi connectivity index (χ2n) is 9.27. The smallest absolute Gasteiger partial charge is 0.159 e. The van der Waals surface area contributed by atoms with Crippen LogP contribution >= 0.6 is 11.6 Å². The molecule has 2 aliphatic rings. The second kappa shape index (κ2) is 10.3. The van der Waals surface area contributed by atoms with E-state index < -0.39 is 5.82 Å². The van der Waals surface area contributed by atoms with Crippen molar-refractivity contribution in [2.75, 3.05) is 25.5 Å². The van der Waals surface area contributed by atoms with Crippen molar-refractivity contribution in [2.45, 2.75) is 38.1 Å². The zero-order valence-electron chi connectivity index (χ0n) is 19.6. The molecule has 35 heavy (non-hydrogen) atoms. The molecule has 0 spiro atoms. The number of anilines is 2. The molecular formula is C27H28ClFN4O2. The standard InChI is InChI=1S/C27H28ClFN4O2/c1-35-26-14-24-21(27(31-16-30-24)32-19-8-9-23(29)22(28)13-19)12-18(26)11-20(34)6-4-10-33-15-17-5-2-3-7-25(17)33/h4,6,8-9,12-14,16-17,25H,2-3,5,7,10-11,15H2,1H3,(H,30,31,32)/b6-4+. The van der Waals surface area contributed by atoms with E-state index in [0.29, 0.717) is 28.8 Å². The SMILES string of the molecule is COc1cc2ncnc(Nc3ccc(F)c(Cl)c3)c2cc1CC(=O)/C=C/CN1CC2CCCCC21. The Morgan fingerprint density at radius 2 is 2.11 bits per heavy atom. The molecule has 6 nitrogen and oxygen atoms in total. The molecule has 1 N–H and O–H groups in total. The third-order valence-electron chi connectivity index (χ3n) is 7.04. The fourth-order valence-electron chi connectivity index (χ4n) is 5.22. The van der Waals surface area contributed by atoms with Gasteiger partial charge in [0.15, 0.2) is 5.78 Å². The highest BCUT2D eigenvalue weighted by Gasteiger charge is 2.38. The van der Waals surface area contributed by atoms with E-state index in [-0.39, 0.29) is 17.2 Å². The molecule has 2 aromatic carbocycles. The Labute approximate surface area is 209 Å². The van der Waals surface area contributed by atoms with Gasteiger partial charge < -0.3 is 10.1 Å². The van der Waals surface area contributed by atoms with E-state index in [1.54, 1.807) is 25.3 Å². The number of rotatable bonds is 8. The predicted octanol–water partition coefficient (Wildman–Crippen LogP) is 5.72. The van der Waals surface area contributed by atoms with Crippen LogP contribution in [0.1, 0.15) is 31.2 Å². The van der Waals surface area contributed by atoms with E-state index in [1.165, 1.54) is 44.1 Å². The second-order valence-corrected chi connectivity index (χ2v) is 9.68. The first-order valence-electron chi connectivity index (χ1n) is 12.0. The Balaban J connectivity index is 1.31. The molecule has 2 unspecified atom stereocenters.